The number of amides is 1. The number of primary amides is 1. The molecule has 200 valence electrons. The van der Waals surface area contributed by atoms with Crippen LogP contribution in [0.1, 0.15) is 35.7 Å². The number of anilines is 2. The van der Waals surface area contributed by atoms with E-state index in [-0.39, 0.29) is 24.2 Å². The molecule has 1 aromatic heterocycles. The lowest BCUT2D eigenvalue weighted by Crippen LogP contribution is -2.74. The fourth-order valence-electron chi connectivity index (χ4n) is 6.28. The Labute approximate surface area is 214 Å². The molecule has 3 aliphatic carbocycles. The second-order valence-electron chi connectivity index (χ2n) is 10.6. The average molecular weight is 516 g/mol. The SMILES string of the molecule is CCCNc1nc(N(C)C)c2c(c1O)C(=O)C1C(=O)[C@]3(O)C(=O)C(C(N)=O)C(=O)[C@@H](N(C)C)[C@@H]3C[C@@H]1C2. The van der Waals surface area contributed by atoms with Crippen molar-refractivity contribution in [1.29, 1.82) is 0 Å². The van der Waals surface area contributed by atoms with E-state index in [1.165, 1.54) is 4.90 Å². The Balaban J connectivity index is 1.88. The Hall–Kier alpha value is -3.38. The summed E-state index contributed by atoms with van der Waals surface area (Å²) in [6.45, 7) is 2.41. The van der Waals surface area contributed by atoms with Crippen molar-refractivity contribution in [3.63, 3.8) is 0 Å². The van der Waals surface area contributed by atoms with E-state index in [1.807, 2.05) is 6.92 Å². The molecule has 2 fully saturated rings. The zero-order valence-electron chi connectivity index (χ0n) is 21.6. The van der Waals surface area contributed by atoms with Crippen LogP contribution in [0.15, 0.2) is 0 Å². The number of pyridine rings is 1. The lowest BCUT2D eigenvalue weighted by molar-refractivity contribution is -0.181. The van der Waals surface area contributed by atoms with E-state index in [1.54, 1.807) is 33.1 Å². The van der Waals surface area contributed by atoms with Gasteiger partial charge in [-0.15, -0.1) is 0 Å². The van der Waals surface area contributed by atoms with Crippen molar-refractivity contribution in [2.45, 2.75) is 37.8 Å². The minimum Gasteiger partial charge on any atom is -0.504 e. The lowest BCUT2D eigenvalue weighted by atomic mass is 9.52. The van der Waals surface area contributed by atoms with E-state index in [2.05, 4.69) is 10.3 Å². The molecule has 1 amide bonds. The second-order valence-corrected chi connectivity index (χ2v) is 10.6. The third-order valence-electron chi connectivity index (χ3n) is 7.87. The minimum atomic E-state index is -2.74. The van der Waals surface area contributed by atoms with Crippen LogP contribution in [-0.4, -0.2) is 95.5 Å². The van der Waals surface area contributed by atoms with Gasteiger partial charge >= 0.3 is 0 Å². The highest BCUT2D eigenvalue weighted by atomic mass is 16.3. The smallest absolute Gasteiger partial charge is 0.235 e. The number of ketones is 4. The molecule has 1 aromatic rings. The first-order chi connectivity index (χ1) is 17.3. The van der Waals surface area contributed by atoms with E-state index >= 15 is 0 Å². The molecule has 0 aromatic carbocycles. The van der Waals surface area contributed by atoms with E-state index in [0.29, 0.717) is 17.9 Å². The van der Waals surface area contributed by atoms with Crippen molar-refractivity contribution in [1.82, 2.24) is 9.88 Å². The number of nitrogens with two attached hydrogens (primary N) is 1. The highest BCUT2D eigenvalue weighted by Crippen LogP contribution is 2.52. The van der Waals surface area contributed by atoms with Crippen LogP contribution in [0.5, 0.6) is 5.75 Å². The molecular formula is C25H33N5O7. The number of aromatic nitrogens is 1. The van der Waals surface area contributed by atoms with E-state index in [4.69, 9.17) is 5.73 Å². The first-order valence-corrected chi connectivity index (χ1v) is 12.3. The number of Topliss-reactive ketones (excluding diaryl/α,β-unsaturated/α-hetero) is 4. The highest BCUT2D eigenvalue weighted by molar-refractivity contribution is 6.32. The number of nitrogens with zero attached hydrogens (tertiary/aromatic N) is 3. The first-order valence-electron chi connectivity index (χ1n) is 12.3. The van der Waals surface area contributed by atoms with Crippen molar-refractivity contribution >= 4 is 40.7 Å². The number of carbonyl (C=O) groups excluding carboxylic acids is 5. The molecule has 4 rings (SSSR count). The standard InChI is InChI=1S/C25H33N5O7/c1-6-7-27-23-19(33)14-11(24(28-23)30(4)5)8-10-9-12-16(29(2)3)18(32)15(22(26)36)21(35)25(12,37)20(34)13(10)17(14)31/h10,12-13,15-16,33,37H,6-9H2,1-5H3,(H2,26,36)(H,27,28)/t10-,12-,13?,15?,16-,25-/m0/s1. The fourth-order valence-corrected chi connectivity index (χ4v) is 6.28. The van der Waals surface area contributed by atoms with Crippen LogP contribution in [0.25, 0.3) is 0 Å². The molecule has 12 heteroatoms. The van der Waals surface area contributed by atoms with Gasteiger partial charge in [-0.1, -0.05) is 6.92 Å². The van der Waals surface area contributed by atoms with Gasteiger partial charge in [-0.3, -0.25) is 28.9 Å². The summed E-state index contributed by atoms with van der Waals surface area (Å²) in [6.07, 6.45) is 0.886. The summed E-state index contributed by atoms with van der Waals surface area (Å²) < 4.78 is 0. The van der Waals surface area contributed by atoms with E-state index in [0.717, 1.165) is 6.42 Å². The van der Waals surface area contributed by atoms with Crippen LogP contribution >= 0.6 is 0 Å². The van der Waals surface area contributed by atoms with Crippen LogP contribution in [0, 0.1) is 23.7 Å². The summed E-state index contributed by atoms with van der Waals surface area (Å²) in [5.74, 6) is -10.2. The molecule has 0 spiro atoms. The van der Waals surface area contributed by atoms with Crippen molar-refractivity contribution in [2.75, 3.05) is 45.0 Å². The molecule has 2 saturated carbocycles. The van der Waals surface area contributed by atoms with Crippen molar-refractivity contribution in [2.24, 2.45) is 29.4 Å². The molecule has 1 heterocycles. The van der Waals surface area contributed by atoms with Crippen LogP contribution in [0.4, 0.5) is 11.6 Å². The second kappa shape index (κ2) is 9.18. The normalized spacial score (nSPS) is 31.1. The number of fused-ring (bicyclic) bond motifs is 3. The third kappa shape index (κ3) is 3.72. The number of likely N-dealkylation sites (N-methyl/N-ethyl adjacent to an activating group) is 1. The molecule has 5 N–H and O–H groups in total. The van der Waals surface area contributed by atoms with Crippen LogP contribution in [0.2, 0.25) is 0 Å². The van der Waals surface area contributed by atoms with Gasteiger partial charge in [0.05, 0.1) is 17.5 Å². The minimum absolute atomic E-state index is 0.00659. The molecule has 0 saturated heterocycles. The van der Waals surface area contributed by atoms with Gasteiger partial charge in [-0.25, -0.2) is 4.98 Å². The Morgan fingerprint density at radius 1 is 1.16 bits per heavy atom. The lowest BCUT2D eigenvalue weighted by Gasteiger charge is -2.52. The zero-order chi connectivity index (χ0) is 27.6. The van der Waals surface area contributed by atoms with Crippen molar-refractivity contribution in [3.8, 4) is 5.75 Å². The maximum Gasteiger partial charge on any atom is 0.235 e. The van der Waals surface area contributed by atoms with Gasteiger partial charge in [0, 0.05) is 32.1 Å². The van der Waals surface area contributed by atoms with Gasteiger partial charge < -0.3 is 26.2 Å². The van der Waals surface area contributed by atoms with Crippen LogP contribution < -0.4 is 16.0 Å². The van der Waals surface area contributed by atoms with Crippen molar-refractivity contribution < 1.29 is 34.2 Å². The molecule has 3 aliphatic rings. The van der Waals surface area contributed by atoms with Gasteiger partial charge in [0.15, 0.2) is 46.2 Å². The van der Waals surface area contributed by atoms with Gasteiger partial charge in [0.1, 0.15) is 5.82 Å². The van der Waals surface area contributed by atoms with Crippen molar-refractivity contribution in [3.05, 3.63) is 11.1 Å². The van der Waals surface area contributed by atoms with E-state index < -0.39 is 70.1 Å². The summed E-state index contributed by atoms with van der Waals surface area (Å²) in [5, 5.41) is 25.6. The Kier molecular flexibility index (Phi) is 6.62. The van der Waals surface area contributed by atoms with Crippen LogP contribution in [-0.2, 0) is 25.6 Å². The quantitative estimate of drug-likeness (QED) is 0.346. The Bertz CT molecular complexity index is 1210. The number of nitrogens with one attached hydrogen (secondary N) is 1. The Morgan fingerprint density at radius 3 is 2.35 bits per heavy atom. The topological polar surface area (TPSA) is 183 Å². The van der Waals surface area contributed by atoms with Crippen LogP contribution in [0.3, 0.4) is 0 Å². The average Bonchev–Trinajstić information content (AvgIpc) is 2.80. The number of carbonyl (C=O) groups is 5. The molecule has 12 nitrogen and oxygen atoms in total. The number of rotatable bonds is 6. The summed E-state index contributed by atoms with van der Waals surface area (Å²) in [4.78, 5) is 74.0. The highest BCUT2D eigenvalue weighted by Gasteiger charge is 2.69. The molecular weight excluding hydrogens is 482 g/mol. The third-order valence-corrected chi connectivity index (χ3v) is 7.87. The predicted octanol–water partition coefficient (Wildman–Crippen LogP) is -0.850. The molecule has 0 radical (unpaired) electrons. The predicted molar refractivity (Wildman–Crippen MR) is 132 cm³/mol. The van der Waals surface area contributed by atoms with Gasteiger partial charge in [-0.05, 0) is 39.3 Å². The molecule has 37 heavy (non-hydrogen) atoms. The van der Waals surface area contributed by atoms with E-state index in [9.17, 15) is 34.2 Å². The molecule has 0 bridgehead atoms. The maximum absolute atomic E-state index is 13.9. The summed E-state index contributed by atoms with van der Waals surface area (Å²) in [7, 11) is 6.58. The maximum atomic E-state index is 13.9. The molecule has 6 atom stereocenters. The molecule has 2 unspecified atom stereocenters. The number of aliphatic hydroxyl groups is 1. The summed E-state index contributed by atoms with van der Waals surface area (Å²) >= 11 is 0. The number of hydrogen-bond donors (Lipinski definition) is 4. The summed E-state index contributed by atoms with van der Waals surface area (Å²) in [6, 6.07) is -1.14. The number of aromatic hydroxyl groups is 1. The largest absolute Gasteiger partial charge is 0.504 e. The van der Waals surface area contributed by atoms with Gasteiger partial charge in [0.25, 0.3) is 0 Å². The monoisotopic (exact) mass is 515 g/mol. The zero-order valence-corrected chi connectivity index (χ0v) is 21.6. The Morgan fingerprint density at radius 2 is 1.81 bits per heavy atom. The fraction of sp³-hybridized carbons (Fsp3) is 0.600. The van der Waals surface area contributed by atoms with Gasteiger partial charge in [0.2, 0.25) is 5.91 Å². The molecule has 0 aliphatic heterocycles. The van der Waals surface area contributed by atoms with Gasteiger partial charge in [-0.2, -0.15) is 0 Å². The summed E-state index contributed by atoms with van der Waals surface area (Å²) in [5.41, 5.74) is 2.97. The first kappa shape index (κ1) is 26.7. The number of hydrogen-bond acceptors (Lipinski definition) is 11.